The van der Waals surface area contributed by atoms with Crippen LogP contribution in [-0.2, 0) is 27.3 Å². The summed E-state index contributed by atoms with van der Waals surface area (Å²) in [6.45, 7) is 1.39. The predicted octanol–water partition coefficient (Wildman–Crippen LogP) is 0.361. The van der Waals surface area contributed by atoms with Gasteiger partial charge in [-0.1, -0.05) is 12.1 Å². The molecular weight excluding hydrogens is 262 g/mol. The summed E-state index contributed by atoms with van der Waals surface area (Å²) in [6, 6.07) is 6.68. The number of aliphatic carboxylic acids is 1. The zero-order valence-electron chi connectivity index (χ0n) is 8.65. The normalized spacial score (nSPS) is 9.94. The molecule has 0 spiro atoms. The Labute approximate surface area is 104 Å². The van der Waals surface area contributed by atoms with Crippen molar-refractivity contribution in [3.8, 4) is 5.75 Å². The molecule has 0 saturated carbocycles. The molecule has 5 N–H and O–H groups in total. The zero-order valence-corrected chi connectivity index (χ0v) is 9.59. The van der Waals surface area contributed by atoms with E-state index in [4.69, 9.17) is 5.11 Å². The van der Waals surface area contributed by atoms with Crippen LogP contribution in [0.15, 0.2) is 29.3 Å². The molecule has 1 aromatic rings. The van der Waals surface area contributed by atoms with E-state index in [0.29, 0.717) is 11.3 Å². The average molecular weight is 276 g/mol. The van der Waals surface area contributed by atoms with E-state index in [1.54, 1.807) is 25.1 Å². The number of carboxylic acid groups (broad SMARTS) is 1. The van der Waals surface area contributed by atoms with E-state index in [2.05, 4.69) is 4.99 Å². The Hall–Kier alpha value is -1.36. The summed E-state index contributed by atoms with van der Waals surface area (Å²) in [7, 11) is 0. The Morgan fingerprint density at radius 1 is 1.38 bits per heavy atom. The second-order valence-corrected chi connectivity index (χ2v) is 2.81. The SMILES string of the molecule is CC(=NCC(=O)O)c1ccccc1O.[Cu].[OH3+]. The van der Waals surface area contributed by atoms with E-state index >= 15 is 0 Å². The maximum Gasteiger partial charge on any atom is 0.325 e. The minimum Gasteiger partial charge on any atom is -0.507 e. The number of aromatic hydroxyl groups is 1. The van der Waals surface area contributed by atoms with Crippen LogP contribution in [0.1, 0.15) is 12.5 Å². The molecule has 6 heteroatoms. The van der Waals surface area contributed by atoms with Crippen LogP contribution in [0.4, 0.5) is 0 Å². The van der Waals surface area contributed by atoms with Gasteiger partial charge in [0.2, 0.25) is 0 Å². The van der Waals surface area contributed by atoms with Gasteiger partial charge >= 0.3 is 5.97 Å². The van der Waals surface area contributed by atoms with Crippen LogP contribution >= 0.6 is 0 Å². The van der Waals surface area contributed by atoms with Gasteiger partial charge in [-0.3, -0.25) is 9.79 Å². The molecule has 0 saturated heterocycles. The number of para-hydroxylation sites is 1. The molecule has 0 amide bonds. The standard InChI is InChI=1S/C10H11NO3.Cu.H2O/c1-7(11-6-10(13)14)8-4-2-3-5-9(8)12;;/h2-5,12H,6H2,1H3,(H,13,14);;1H2/p+1. The van der Waals surface area contributed by atoms with Crippen molar-refractivity contribution in [1.29, 1.82) is 0 Å². The van der Waals surface area contributed by atoms with Crippen LogP contribution < -0.4 is 0 Å². The minimum atomic E-state index is -0.986. The molecule has 0 atom stereocenters. The van der Waals surface area contributed by atoms with Gasteiger partial charge in [0.25, 0.3) is 0 Å². The number of rotatable bonds is 3. The first-order valence-electron chi connectivity index (χ1n) is 4.12. The Bertz CT molecular complexity index is 379. The van der Waals surface area contributed by atoms with E-state index in [0.717, 1.165) is 0 Å². The molecule has 93 valence electrons. The van der Waals surface area contributed by atoms with Gasteiger partial charge in [-0.05, 0) is 19.1 Å². The topological polar surface area (TPSA) is 103 Å². The molecule has 0 heterocycles. The number of hydrogen-bond acceptors (Lipinski definition) is 3. The van der Waals surface area contributed by atoms with Crippen molar-refractivity contribution < 1.29 is 37.6 Å². The number of aliphatic imine (C=N–C) groups is 1. The van der Waals surface area contributed by atoms with E-state index in [-0.39, 0.29) is 34.8 Å². The fourth-order valence-electron chi connectivity index (χ4n) is 1.05. The molecule has 0 aliphatic heterocycles. The predicted molar refractivity (Wildman–Crippen MR) is 57.7 cm³/mol. The minimum absolute atomic E-state index is 0. The van der Waals surface area contributed by atoms with Crippen molar-refractivity contribution in [2.24, 2.45) is 4.99 Å². The summed E-state index contributed by atoms with van der Waals surface area (Å²) in [5.74, 6) is -0.876. The molecule has 0 aliphatic rings. The molecule has 16 heavy (non-hydrogen) atoms. The first-order valence-corrected chi connectivity index (χ1v) is 4.12. The maximum atomic E-state index is 10.3. The maximum absolute atomic E-state index is 10.3. The molecule has 0 aromatic heterocycles. The molecule has 1 rings (SSSR count). The van der Waals surface area contributed by atoms with Crippen LogP contribution in [0.3, 0.4) is 0 Å². The number of phenols is 1. The molecule has 1 radical (unpaired) electrons. The summed E-state index contributed by atoms with van der Waals surface area (Å²) >= 11 is 0. The Balaban J connectivity index is 0. The van der Waals surface area contributed by atoms with Gasteiger partial charge in [-0.15, -0.1) is 0 Å². The summed E-state index contributed by atoms with van der Waals surface area (Å²) in [5.41, 5.74) is 1.08. The monoisotopic (exact) mass is 275 g/mol. The van der Waals surface area contributed by atoms with Crippen molar-refractivity contribution in [2.75, 3.05) is 6.54 Å². The van der Waals surface area contributed by atoms with Crippen molar-refractivity contribution >= 4 is 11.7 Å². The Kier molecular flexibility index (Phi) is 8.39. The number of benzene rings is 1. The Morgan fingerprint density at radius 2 is 1.94 bits per heavy atom. The van der Waals surface area contributed by atoms with Crippen LogP contribution in [-0.4, -0.2) is 28.4 Å². The second kappa shape index (κ2) is 7.87. The van der Waals surface area contributed by atoms with E-state index in [1.807, 2.05) is 0 Å². The smallest absolute Gasteiger partial charge is 0.325 e. The third-order valence-corrected chi connectivity index (χ3v) is 1.75. The first-order chi connectivity index (χ1) is 6.61. The molecule has 5 nitrogen and oxygen atoms in total. The van der Waals surface area contributed by atoms with Gasteiger partial charge in [0.1, 0.15) is 12.3 Å². The third kappa shape index (κ3) is 4.93. The van der Waals surface area contributed by atoms with Gasteiger partial charge < -0.3 is 15.7 Å². The van der Waals surface area contributed by atoms with E-state index in [1.165, 1.54) is 6.07 Å². The van der Waals surface area contributed by atoms with Crippen LogP contribution in [0.2, 0.25) is 0 Å². The van der Waals surface area contributed by atoms with Crippen molar-refractivity contribution in [1.82, 2.24) is 0 Å². The molecule has 0 bridgehead atoms. The molecule has 0 fully saturated rings. The van der Waals surface area contributed by atoms with Gasteiger partial charge in [-0.2, -0.15) is 0 Å². The summed E-state index contributed by atoms with van der Waals surface area (Å²) < 4.78 is 0. The van der Waals surface area contributed by atoms with Gasteiger partial charge in [0.05, 0.1) is 0 Å². The third-order valence-electron chi connectivity index (χ3n) is 1.75. The van der Waals surface area contributed by atoms with Crippen molar-refractivity contribution in [2.45, 2.75) is 6.92 Å². The zero-order chi connectivity index (χ0) is 10.6. The molecule has 1 aromatic carbocycles. The molecule has 0 unspecified atom stereocenters. The summed E-state index contributed by atoms with van der Waals surface area (Å²) in [5, 5.41) is 17.8. The number of carbonyl (C=O) groups is 1. The fraction of sp³-hybridized carbons (Fsp3) is 0.200. The van der Waals surface area contributed by atoms with Crippen LogP contribution in [0.5, 0.6) is 5.75 Å². The van der Waals surface area contributed by atoms with Gasteiger partial charge in [0, 0.05) is 28.3 Å². The fourth-order valence-corrected chi connectivity index (χ4v) is 1.05. The van der Waals surface area contributed by atoms with Gasteiger partial charge in [0.15, 0.2) is 0 Å². The van der Waals surface area contributed by atoms with Gasteiger partial charge in [-0.25, -0.2) is 0 Å². The molecular formula is C10H14CuNO4+. The second-order valence-electron chi connectivity index (χ2n) is 2.81. The number of hydrogen-bond donors (Lipinski definition) is 2. The van der Waals surface area contributed by atoms with E-state index in [9.17, 15) is 9.90 Å². The Morgan fingerprint density at radius 3 is 2.44 bits per heavy atom. The quantitative estimate of drug-likeness (QED) is 0.473. The first kappa shape index (κ1) is 17.0. The summed E-state index contributed by atoms with van der Waals surface area (Å²) in [4.78, 5) is 14.1. The average Bonchev–Trinajstić information content (AvgIpc) is 2.15. The van der Waals surface area contributed by atoms with Crippen LogP contribution in [0, 0.1) is 0 Å². The van der Waals surface area contributed by atoms with Crippen molar-refractivity contribution in [3.05, 3.63) is 29.8 Å². The number of phenolic OH excluding ortho intramolecular Hbond substituents is 1. The number of nitrogens with zero attached hydrogens (tertiary/aromatic N) is 1. The van der Waals surface area contributed by atoms with E-state index < -0.39 is 5.97 Å². The molecule has 0 aliphatic carbocycles. The van der Waals surface area contributed by atoms with Crippen LogP contribution in [0.25, 0.3) is 0 Å². The number of carboxylic acids is 1. The largest absolute Gasteiger partial charge is 0.507 e. The summed E-state index contributed by atoms with van der Waals surface area (Å²) in [6.07, 6.45) is 0. The van der Waals surface area contributed by atoms with Crippen molar-refractivity contribution in [3.63, 3.8) is 0 Å².